The summed E-state index contributed by atoms with van der Waals surface area (Å²) in [7, 11) is 1.67. The predicted octanol–water partition coefficient (Wildman–Crippen LogP) is 5.19. The van der Waals surface area contributed by atoms with Gasteiger partial charge in [-0.3, -0.25) is 0 Å². The van der Waals surface area contributed by atoms with Crippen molar-refractivity contribution >= 4 is 40.7 Å². The van der Waals surface area contributed by atoms with Crippen LogP contribution in [0.1, 0.15) is 5.56 Å². The summed E-state index contributed by atoms with van der Waals surface area (Å²) in [6, 6.07) is 15.0. The molecule has 0 aliphatic rings. The molecular formula is C19H18Cl2N4O. The highest BCUT2D eigenvalue weighted by Gasteiger charge is 2.05. The molecule has 0 atom stereocenters. The minimum Gasteiger partial charge on any atom is -0.497 e. The molecule has 0 unspecified atom stereocenters. The lowest BCUT2D eigenvalue weighted by Crippen LogP contribution is -2.08. The molecule has 0 saturated heterocycles. The number of hydrogen-bond acceptors (Lipinski definition) is 5. The van der Waals surface area contributed by atoms with Crippen molar-refractivity contribution in [3.63, 3.8) is 0 Å². The first-order valence-corrected chi connectivity index (χ1v) is 8.81. The van der Waals surface area contributed by atoms with Crippen LogP contribution in [0.4, 0.5) is 17.5 Å². The Morgan fingerprint density at radius 3 is 2.77 bits per heavy atom. The third kappa shape index (κ3) is 5.00. The first kappa shape index (κ1) is 18.3. The van der Waals surface area contributed by atoms with Gasteiger partial charge in [0, 0.05) is 17.8 Å². The molecule has 2 aromatic carbocycles. The van der Waals surface area contributed by atoms with E-state index < -0.39 is 0 Å². The molecular weight excluding hydrogens is 371 g/mol. The fourth-order valence-electron chi connectivity index (χ4n) is 2.39. The lowest BCUT2D eigenvalue weighted by Gasteiger charge is -2.10. The van der Waals surface area contributed by atoms with Gasteiger partial charge in [0.2, 0.25) is 5.95 Å². The van der Waals surface area contributed by atoms with E-state index in [4.69, 9.17) is 27.9 Å². The third-order valence-corrected chi connectivity index (χ3v) is 4.23. The van der Waals surface area contributed by atoms with Crippen LogP contribution in [-0.2, 0) is 6.42 Å². The smallest absolute Gasteiger partial charge is 0.229 e. The standard InChI is InChI=1S/C19H18Cl2N4O/c1-26-15-4-2-3-13(11-15)7-9-22-18-8-10-23-19(25-18)24-17-6-5-14(20)12-16(17)21/h2-6,8,10-12H,7,9H2,1H3,(H2,22,23,24,25). The first-order valence-electron chi connectivity index (χ1n) is 8.06. The van der Waals surface area contributed by atoms with Gasteiger partial charge in [0.25, 0.3) is 0 Å². The number of hydrogen-bond donors (Lipinski definition) is 2. The van der Waals surface area contributed by atoms with E-state index in [-0.39, 0.29) is 0 Å². The minimum atomic E-state index is 0.459. The maximum atomic E-state index is 6.17. The minimum absolute atomic E-state index is 0.459. The van der Waals surface area contributed by atoms with Crippen molar-refractivity contribution in [3.05, 3.63) is 70.3 Å². The quantitative estimate of drug-likeness (QED) is 0.582. The summed E-state index contributed by atoms with van der Waals surface area (Å²) in [6.45, 7) is 0.741. The number of halogens is 2. The number of nitrogens with zero attached hydrogens (tertiary/aromatic N) is 2. The highest BCUT2D eigenvalue weighted by atomic mass is 35.5. The zero-order chi connectivity index (χ0) is 18.4. The fourth-order valence-corrected chi connectivity index (χ4v) is 2.85. The molecule has 0 aliphatic carbocycles. The fraction of sp³-hybridized carbons (Fsp3) is 0.158. The summed E-state index contributed by atoms with van der Waals surface area (Å²) in [5, 5.41) is 7.48. The van der Waals surface area contributed by atoms with Gasteiger partial charge in [0.05, 0.1) is 17.8 Å². The Bertz CT molecular complexity index is 889. The monoisotopic (exact) mass is 388 g/mol. The van der Waals surface area contributed by atoms with E-state index in [0.29, 0.717) is 21.7 Å². The second-order valence-corrected chi connectivity index (χ2v) is 6.39. The van der Waals surface area contributed by atoms with Gasteiger partial charge in [-0.1, -0.05) is 35.3 Å². The second kappa shape index (κ2) is 8.74. The van der Waals surface area contributed by atoms with E-state index in [1.165, 1.54) is 5.56 Å². The van der Waals surface area contributed by atoms with Gasteiger partial charge in [-0.05, 0) is 48.4 Å². The van der Waals surface area contributed by atoms with E-state index >= 15 is 0 Å². The topological polar surface area (TPSA) is 59.1 Å². The Hall–Kier alpha value is -2.50. The lowest BCUT2D eigenvalue weighted by atomic mass is 10.1. The average Bonchev–Trinajstić information content (AvgIpc) is 2.65. The molecule has 0 saturated carbocycles. The van der Waals surface area contributed by atoms with Crippen molar-refractivity contribution in [1.29, 1.82) is 0 Å². The Labute approximate surface area is 162 Å². The molecule has 3 aromatic rings. The van der Waals surface area contributed by atoms with Crippen molar-refractivity contribution < 1.29 is 4.74 Å². The number of nitrogens with one attached hydrogen (secondary N) is 2. The van der Waals surface area contributed by atoms with Crippen LogP contribution >= 0.6 is 23.2 Å². The Balaban J connectivity index is 1.60. The number of rotatable bonds is 7. The molecule has 3 rings (SSSR count). The largest absolute Gasteiger partial charge is 0.497 e. The molecule has 26 heavy (non-hydrogen) atoms. The van der Waals surface area contributed by atoms with Crippen LogP contribution in [0.3, 0.4) is 0 Å². The Morgan fingerprint density at radius 2 is 1.96 bits per heavy atom. The van der Waals surface area contributed by atoms with Gasteiger partial charge < -0.3 is 15.4 Å². The summed E-state index contributed by atoms with van der Waals surface area (Å²) in [4.78, 5) is 8.66. The Morgan fingerprint density at radius 1 is 1.08 bits per heavy atom. The maximum absolute atomic E-state index is 6.17. The van der Waals surface area contributed by atoms with Crippen molar-refractivity contribution in [1.82, 2.24) is 9.97 Å². The van der Waals surface area contributed by atoms with Crippen LogP contribution < -0.4 is 15.4 Å². The molecule has 0 fully saturated rings. The van der Waals surface area contributed by atoms with Crippen molar-refractivity contribution in [2.75, 3.05) is 24.3 Å². The number of methoxy groups -OCH3 is 1. The second-order valence-electron chi connectivity index (χ2n) is 5.54. The normalized spacial score (nSPS) is 10.4. The predicted molar refractivity (Wildman–Crippen MR) is 107 cm³/mol. The average molecular weight is 389 g/mol. The van der Waals surface area contributed by atoms with E-state index in [2.05, 4.69) is 26.7 Å². The molecule has 2 N–H and O–H groups in total. The van der Waals surface area contributed by atoms with Crippen LogP contribution in [-0.4, -0.2) is 23.6 Å². The molecule has 7 heteroatoms. The summed E-state index contributed by atoms with van der Waals surface area (Å²) in [6.07, 6.45) is 2.54. The molecule has 1 heterocycles. The zero-order valence-corrected chi connectivity index (χ0v) is 15.7. The van der Waals surface area contributed by atoms with Gasteiger partial charge in [-0.15, -0.1) is 0 Å². The number of anilines is 3. The number of benzene rings is 2. The van der Waals surface area contributed by atoms with Crippen molar-refractivity contribution in [3.8, 4) is 5.75 Å². The van der Waals surface area contributed by atoms with Gasteiger partial charge in [0.1, 0.15) is 11.6 Å². The molecule has 0 aliphatic heterocycles. The highest BCUT2D eigenvalue weighted by Crippen LogP contribution is 2.27. The van der Waals surface area contributed by atoms with E-state index in [0.717, 1.165) is 24.5 Å². The van der Waals surface area contributed by atoms with Gasteiger partial charge in [-0.2, -0.15) is 4.98 Å². The Kier molecular flexibility index (Phi) is 6.15. The summed E-state index contributed by atoms with van der Waals surface area (Å²) in [5.41, 5.74) is 1.89. The van der Waals surface area contributed by atoms with Gasteiger partial charge in [0.15, 0.2) is 0 Å². The van der Waals surface area contributed by atoms with Crippen LogP contribution in [0.2, 0.25) is 10.0 Å². The van der Waals surface area contributed by atoms with Gasteiger partial charge in [-0.25, -0.2) is 4.98 Å². The van der Waals surface area contributed by atoms with Crippen molar-refractivity contribution in [2.45, 2.75) is 6.42 Å². The number of aromatic nitrogens is 2. The van der Waals surface area contributed by atoms with Crippen molar-refractivity contribution in [2.24, 2.45) is 0 Å². The summed E-state index contributed by atoms with van der Waals surface area (Å²) < 4.78 is 5.24. The zero-order valence-electron chi connectivity index (χ0n) is 14.2. The van der Waals surface area contributed by atoms with Crippen LogP contribution in [0, 0.1) is 0 Å². The highest BCUT2D eigenvalue weighted by molar-refractivity contribution is 6.36. The van der Waals surface area contributed by atoms with E-state index in [1.54, 1.807) is 31.5 Å². The molecule has 0 spiro atoms. The lowest BCUT2D eigenvalue weighted by molar-refractivity contribution is 0.414. The van der Waals surface area contributed by atoms with Gasteiger partial charge >= 0.3 is 0 Å². The molecule has 0 bridgehead atoms. The SMILES string of the molecule is COc1cccc(CCNc2ccnc(Nc3ccc(Cl)cc3Cl)n2)c1. The third-order valence-electron chi connectivity index (χ3n) is 3.69. The van der Waals surface area contributed by atoms with E-state index in [1.807, 2.05) is 24.3 Å². The van der Waals surface area contributed by atoms with E-state index in [9.17, 15) is 0 Å². The van der Waals surface area contributed by atoms with Crippen LogP contribution in [0.5, 0.6) is 5.75 Å². The summed E-state index contributed by atoms with van der Waals surface area (Å²) in [5.74, 6) is 2.05. The molecule has 1 aromatic heterocycles. The summed E-state index contributed by atoms with van der Waals surface area (Å²) >= 11 is 12.1. The number of ether oxygens (including phenoxy) is 1. The molecule has 134 valence electrons. The molecule has 0 radical (unpaired) electrons. The molecule has 0 amide bonds. The maximum Gasteiger partial charge on any atom is 0.229 e. The van der Waals surface area contributed by atoms with Crippen LogP contribution in [0.15, 0.2) is 54.7 Å². The first-order chi connectivity index (χ1) is 12.6. The molecule has 5 nitrogen and oxygen atoms in total. The van der Waals surface area contributed by atoms with Crippen LogP contribution in [0.25, 0.3) is 0 Å².